The molecule has 3 N–H and O–H groups in total. The number of carbonyl (C=O) groups is 1. The molecule has 1 saturated carbocycles. The molecule has 0 aromatic heterocycles. The van der Waals surface area contributed by atoms with Gasteiger partial charge in [0.15, 0.2) is 0 Å². The molecule has 1 amide bonds. The first-order valence-corrected chi connectivity index (χ1v) is 6.19. The maximum Gasteiger partial charge on any atom is 0.251 e. The van der Waals surface area contributed by atoms with Gasteiger partial charge in [-0.05, 0) is 43.9 Å². The van der Waals surface area contributed by atoms with Gasteiger partial charge in [0.05, 0.1) is 12.0 Å². The number of rotatable bonds is 2. The number of hydrogen-bond acceptors (Lipinski definition) is 3. The summed E-state index contributed by atoms with van der Waals surface area (Å²) in [5, 5.41) is 11.9. The van der Waals surface area contributed by atoms with Crippen molar-refractivity contribution in [3.8, 4) is 6.07 Å². The first-order valence-electron chi connectivity index (χ1n) is 6.19. The fourth-order valence-electron chi connectivity index (χ4n) is 2.43. The minimum absolute atomic E-state index is 0.0247. The zero-order valence-corrected chi connectivity index (χ0v) is 10.4. The number of nitrogens with two attached hydrogens (primary N) is 1. The molecule has 1 aromatic rings. The van der Waals surface area contributed by atoms with Crippen LogP contribution in [-0.4, -0.2) is 11.9 Å². The molecule has 4 nitrogen and oxygen atoms in total. The second-order valence-electron chi connectivity index (χ2n) is 4.77. The Labute approximate surface area is 107 Å². The predicted molar refractivity (Wildman–Crippen MR) is 69.8 cm³/mol. The van der Waals surface area contributed by atoms with E-state index in [0.717, 1.165) is 24.8 Å². The number of benzene rings is 1. The molecule has 1 fully saturated rings. The lowest BCUT2D eigenvalue weighted by molar-refractivity contribution is 0.0932. The van der Waals surface area contributed by atoms with Crippen LogP contribution in [0, 0.1) is 24.2 Å². The van der Waals surface area contributed by atoms with Crippen molar-refractivity contribution in [2.45, 2.75) is 32.2 Å². The van der Waals surface area contributed by atoms with Gasteiger partial charge in [0.25, 0.3) is 5.91 Å². The van der Waals surface area contributed by atoms with Crippen molar-refractivity contribution >= 4 is 11.6 Å². The Hall–Kier alpha value is -2.02. The molecule has 1 aliphatic carbocycles. The van der Waals surface area contributed by atoms with Gasteiger partial charge < -0.3 is 11.1 Å². The second kappa shape index (κ2) is 5.09. The largest absolute Gasteiger partial charge is 0.398 e. The van der Waals surface area contributed by atoms with E-state index in [2.05, 4.69) is 11.4 Å². The van der Waals surface area contributed by atoms with Gasteiger partial charge in [0.2, 0.25) is 0 Å². The molecular formula is C14H17N3O. The molecule has 0 heterocycles. The highest BCUT2D eigenvalue weighted by molar-refractivity contribution is 5.97. The number of nitrogens with zero attached hydrogens (tertiary/aromatic N) is 1. The molecule has 94 valence electrons. The van der Waals surface area contributed by atoms with Crippen LogP contribution in [0.1, 0.15) is 35.2 Å². The van der Waals surface area contributed by atoms with Gasteiger partial charge in [0.1, 0.15) is 0 Å². The average molecular weight is 243 g/mol. The van der Waals surface area contributed by atoms with Gasteiger partial charge in [-0.3, -0.25) is 4.79 Å². The van der Waals surface area contributed by atoms with Crippen LogP contribution >= 0.6 is 0 Å². The Morgan fingerprint density at radius 1 is 1.50 bits per heavy atom. The Balaban J connectivity index is 2.13. The highest BCUT2D eigenvalue weighted by atomic mass is 16.1. The standard InChI is InChI=1S/C14H17N3O/c1-9-11(5-3-6-12(9)16)14(18)17-13-7-2-4-10(13)8-15/h3,5-6,10,13H,2,4,7,16H2,1H3,(H,17,18). The quantitative estimate of drug-likeness (QED) is 0.780. The normalized spacial score (nSPS) is 22.4. The van der Waals surface area contributed by atoms with E-state index in [1.807, 2.05) is 6.92 Å². The molecule has 2 rings (SSSR count). The number of amides is 1. The number of nitriles is 1. The van der Waals surface area contributed by atoms with Gasteiger partial charge in [-0.15, -0.1) is 0 Å². The summed E-state index contributed by atoms with van der Waals surface area (Å²) in [6.45, 7) is 1.83. The molecule has 0 radical (unpaired) electrons. The summed E-state index contributed by atoms with van der Waals surface area (Å²) in [5.41, 5.74) is 7.79. The van der Waals surface area contributed by atoms with Crippen LogP contribution in [-0.2, 0) is 0 Å². The van der Waals surface area contributed by atoms with Gasteiger partial charge >= 0.3 is 0 Å². The van der Waals surface area contributed by atoms with Crippen LogP contribution < -0.4 is 11.1 Å². The molecule has 1 aromatic carbocycles. The van der Waals surface area contributed by atoms with E-state index in [1.165, 1.54) is 0 Å². The Bertz CT molecular complexity index is 504. The van der Waals surface area contributed by atoms with Crippen LogP contribution in [0.15, 0.2) is 18.2 Å². The zero-order valence-electron chi connectivity index (χ0n) is 10.4. The van der Waals surface area contributed by atoms with E-state index in [-0.39, 0.29) is 17.9 Å². The molecule has 1 aliphatic rings. The summed E-state index contributed by atoms with van der Waals surface area (Å²) in [6, 6.07) is 7.54. The summed E-state index contributed by atoms with van der Waals surface area (Å²) < 4.78 is 0. The fourth-order valence-corrected chi connectivity index (χ4v) is 2.43. The lowest BCUT2D eigenvalue weighted by Crippen LogP contribution is -2.37. The third-order valence-corrected chi connectivity index (χ3v) is 3.62. The van der Waals surface area contributed by atoms with E-state index in [1.54, 1.807) is 18.2 Å². The lowest BCUT2D eigenvalue weighted by Gasteiger charge is -2.16. The molecule has 0 saturated heterocycles. The lowest BCUT2D eigenvalue weighted by atomic mass is 10.0. The minimum Gasteiger partial charge on any atom is -0.398 e. The SMILES string of the molecule is Cc1c(N)cccc1C(=O)NC1CCCC1C#N. The molecule has 2 unspecified atom stereocenters. The number of carbonyl (C=O) groups excluding carboxylic acids is 1. The Morgan fingerprint density at radius 3 is 3.00 bits per heavy atom. The first kappa shape index (κ1) is 12.4. The molecule has 0 aliphatic heterocycles. The van der Waals surface area contributed by atoms with Gasteiger partial charge in [-0.1, -0.05) is 6.07 Å². The van der Waals surface area contributed by atoms with Crippen molar-refractivity contribution in [1.82, 2.24) is 5.32 Å². The Morgan fingerprint density at radius 2 is 2.28 bits per heavy atom. The van der Waals surface area contributed by atoms with Crippen LogP contribution in [0.4, 0.5) is 5.69 Å². The second-order valence-corrected chi connectivity index (χ2v) is 4.77. The number of nitrogens with one attached hydrogen (secondary N) is 1. The van der Waals surface area contributed by atoms with E-state index in [0.29, 0.717) is 11.3 Å². The van der Waals surface area contributed by atoms with Crippen LogP contribution in [0.3, 0.4) is 0 Å². The predicted octanol–water partition coefficient (Wildman–Crippen LogP) is 2.00. The van der Waals surface area contributed by atoms with E-state index < -0.39 is 0 Å². The fraction of sp³-hybridized carbons (Fsp3) is 0.429. The third kappa shape index (κ3) is 2.30. The van der Waals surface area contributed by atoms with Crippen molar-refractivity contribution < 1.29 is 4.79 Å². The summed E-state index contributed by atoms with van der Waals surface area (Å²) >= 11 is 0. The average Bonchev–Trinajstić information content (AvgIpc) is 2.79. The summed E-state index contributed by atoms with van der Waals surface area (Å²) in [7, 11) is 0. The number of nitrogen functional groups attached to an aromatic ring is 1. The first-order chi connectivity index (χ1) is 8.63. The molecule has 0 bridgehead atoms. The highest BCUT2D eigenvalue weighted by Crippen LogP contribution is 2.25. The van der Waals surface area contributed by atoms with Gasteiger partial charge in [-0.25, -0.2) is 0 Å². The molecule has 2 atom stereocenters. The third-order valence-electron chi connectivity index (χ3n) is 3.62. The maximum atomic E-state index is 12.2. The van der Waals surface area contributed by atoms with Crippen LogP contribution in [0.2, 0.25) is 0 Å². The molecular weight excluding hydrogens is 226 g/mol. The van der Waals surface area contributed by atoms with Gasteiger partial charge in [-0.2, -0.15) is 5.26 Å². The van der Waals surface area contributed by atoms with Crippen LogP contribution in [0.5, 0.6) is 0 Å². The number of anilines is 1. The molecule has 18 heavy (non-hydrogen) atoms. The van der Waals surface area contributed by atoms with E-state index in [4.69, 9.17) is 11.0 Å². The van der Waals surface area contributed by atoms with Crippen molar-refractivity contribution in [1.29, 1.82) is 5.26 Å². The minimum atomic E-state index is -0.132. The Kier molecular flexibility index (Phi) is 3.52. The smallest absolute Gasteiger partial charge is 0.251 e. The van der Waals surface area contributed by atoms with E-state index in [9.17, 15) is 4.79 Å². The summed E-state index contributed by atoms with van der Waals surface area (Å²) in [6.07, 6.45) is 2.75. The van der Waals surface area contributed by atoms with Gasteiger partial charge in [0, 0.05) is 17.3 Å². The van der Waals surface area contributed by atoms with E-state index >= 15 is 0 Å². The van der Waals surface area contributed by atoms with Crippen molar-refractivity contribution in [3.63, 3.8) is 0 Å². The summed E-state index contributed by atoms with van der Waals surface area (Å²) in [4.78, 5) is 12.2. The number of hydrogen-bond donors (Lipinski definition) is 2. The monoisotopic (exact) mass is 243 g/mol. The topological polar surface area (TPSA) is 78.9 Å². The van der Waals surface area contributed by atoms with Crippen molar-refractivity contribution in [3.05, 3.63) is 29.3 Å². The van der Waals surface area contributed by atoms with Crippen molar-refractivity contribution in [2.75, 3.05) is 5.73 Å². The van der Waals surface area contributed by atoms with Crippen LogP contribution in [0.25, 0.3) is 0 Å². The molecule has 0 spiro atoms. The summed E-state index contributed by atoms with van der Waals surface area (Å²) in [5.74, 6) is -0.192. The molecule has 4 heteroatoms. The zero-order chi connectivity index (χ0) is 13.1. The van der Waals surface area contributed by atoms with Crippen molar-refractivity contribution in [2.24, 2.45) is 5.92 Å². The maximum absolute atomic E-state index is 12.2. The highest BCUT2D eigenvalue weighted by Gasteiger charge is 2.28.